The molecule has 4 heterocycles. The quantitative estimate of drug-likeness (QED) is 0.0810. The second-order valence-corrected chi connectivity index (χ2v) is 13.8. The van der Waals surface area contributed by atoms with Gasteiger partial charge in [-0.3, -0.25) is 28.7 Å². The minimum Gasteiger partial charge on any atom is -0.497 e. The van der Waals surface area contributed by atoms with Crippen LogP contribution in [0, 0.1) is 0 Å². The lowest BCUT2D eigenvalue weighted by Gasteiger charge is -2.29. The summed E-state index contributed by atoms with van der Waals surface area (Å²) < 4.78 is 23.1. The molecule has 17 nitrogen and oxygen atoms in total. The van der Waals surface area contributed by atoms with E-state index in [2.05, 4.69) is 4.98 Å². The van der Waals surface area contributed by atoms with E-state index in [0.29, 0.717) is 6.42 Å². The second-order valence-electron chi connectivity index (χ2n) is 13.2. The average molecular weight is 825 g/mol. The third kappa shape index (κ3) is 9.49. The van der Waals surface area contributed by atoms with Crippen LogP contribution in [0.4, 0.5) is 0 Å². The number of hydrogen-bond acceptors (Lipinski definition) is 13. The lowest BCUT2D eigenvalue weighted by atomic mass is 9.84. The molecule has 2 aliphatic heterocycles. The largest absolute Gasteiger partial charge is 0.497 e. The first kappa shape index (κ1) is 43.7. The maximum Gasteiger partial charge on any atom is 0.330 e. The Balaban J connectivity index is 0.000000170. The number of aromatic amines is 2. The van der Waals surface area contributed by atoms with Crippen LogP contribution in [-0.4, -0.2) is 102 Å². The number of hydrogen-bond donors (Lipinski definition) is 7. The van der Waals surface area contributed by atoms with Crippen LogP contribution in [0.5, 0.6) is 11.5 Å². The van der Waals surface area contributed by atoms with Crippen LogP contribution < -0.4 is 32.0 Å². The van der Waals surface area contributed by atoms with Crippen molar-refractivity contribution in [3.8, 4) is 11.5 Å². The number of methoxy groups -OCH3 is 2. The van der Waals surface area contributed by atoms with E-state index in [0.717, 1.165) is 55.7 Å². The molecule has 0 radical (unpaired) electrons. The van der Waals surface area contributed by atoms with Crippen molar-refractivity contribution in [2.75, 3.05) is 20.8 Å². The van der Waals surface area contributed by atoms with Gasteiger partial charge in [-0.25, -0.2) is 9.59 Å². The minimum absolute atomic E-state index is 0.479. The molecular formula is C40H45ClN4O13. The highest BCUT2D eigenvalue weighted by Gasteiger charge is 2.44. The van der Waals surface area contributed by atoms with Gasteiger partial charge in [-0.1, -0.05) is 61.5 Å². The van der Waals surface area contributed by atoms with Gasteiger partial charge in [0.15, 0.2) is 12.5 Å². The predicted octanol–water partition coefficient (Wildman–Crippen LogP) is 0.948. The second kappa shape index (κ2) is 19.4. The number of nitrogens with one attached hydrogen (secondary N) is 2. The molecule has 18 heteroatoms. The summed E-state index contributed by atoms with van der Waals surface area (Å²) in [7, 11) is 3.31. The van der Waals surface area contributed by atoms with Gasteiger partial charge in [0.25, 0.3) is 11.1 Å². The van der Waals surface area contributed by atoms with Gasteiger partial charge in [-0.2, -0.15) is 0 Å². The molecule has 2 saturated heterocycles. The Morgan fingerprint density at radius 2 is 1.02 bits per heavy atom. The summed E-state index contributed by atoms with van der Waals surface area (Å²) in [5.41, 5.74) is 0.465. The summed E-state index contributed by atoms with van der Waals surface area (Å²) in [5, 5.41) is 47.5. The van der Waals surface area contributed by atoms with E-state index >= 15 is 0 Å². The molecule has 2 fully saturated rings. The summed E-state index contributed by atoms with van der Waals surface area (Å²) in [6, 6.07) is 28.1. The first-order valence-corrected chi connectivity index (χ1v) is 18.5. The van der Waals surface area contributed by atoms with Crippen molar-refractivity contribution < 1.29 is 44.5 Å². The Kier molecular flexibility index (Phi) is 14.6. The fourth-order valence-corrected chi connectivity index (χ4v) is 6.85. The zero-order valence-corrected chi connectivity index (χ0v) is 32.4. The number of rotatable bonds is 9. The van der Waals surface area contributed by atoms with Gasteiger partial charge in [0.05, 0.1) is 26.9 Å². The smallest absolute Gasteiger partial charge is 0.330 e. The van der Waals surface area contributed by atoms with Crippen molar-refractivity contribution in [3.63, 3.8) is 0 Å². The van der Waals surface area contributed by atoms with Crippen molar-refractivity contribution in [1.29, 1.82) is 0 Å². The standard InChI is InChI=1S/C21H19ClO2.C10H14N2O5.C9H12N2O6/c1-23-19-12-8-17(9-13-19)21(22,16-6-4-3-5-7-16)18-10-14-20(24-2)15-11-18;1-2-5-7(14)8(15)9(17-5)12-4-3-6(13)11-10(12)16;12-3-4-6(14)7(15)8(17-4)11-2-1-5(13)10-9(11)16/h3-15H,1-2H3;3-5,7-9,14-15H,2H2,1H3,(H,11,13,16);1-2,4,6-8,12,14-15H,3H2,(H,10,13,16)/t;5-,7-,8-,9-;4-,6-,7-,8-/m.11/s1. The SMILES string of the molecule is CC[C@H]1O[C@@H](n2ccc(=O)[nH]c2=O)[C@H](O)[C@@H]1O.COc1ccc(C(Cl)(c2ccccc2)c2ccc(OC)cc2)cc1.O=c1ccn([C@@H]2O[C@H](CO)[C@@H](O)[C@H]2O)c(=O)[nH]1. The van der Waals surface area contributed by atoms with E-state index in [1.807, 2.05) is 83.8 Å². The van der Waals surface area contributed by atoms with E-state index < -0.39 is 83.1 Å². The zero-order chi connectivity index (χ0) is 42.1. The molecule has 0 spiro atoms. The molecule has 7 rings (SSSR count). The Hall–Kier alpha value is -5.37. The minimum atomic E-state index is -1.35. The van der Waals surface area contributed by atoms with Gasteiger partial charge >= 0.3 is 11.4 Å². The normalized spacial score (nSPS) is 23.9. The first-order chi connectivity index (χ1) is 27.8. The maximum atomic E-state index is 11.5. The van der Waals surface area contributed by atoms with Crippen molar-refractivity contribution in [2.45, 2.75) is 67.3 Å². The highest BCUT2D eigenvalue weighted by Crippen LogP contribution is 2.44. The van der Waals surface area contributed by atoms with E-state index in [1.54, 1.807) is 21.1 Å². The molecule has 0 saturated carbocycles. The third-order valence-corrected chi connectivity index (χ3v) is 10.3. The summed E-state index contributed by atoms with van der Waals surface area (Å²) in [4.78, 5) is 48.0. The van der Waals surface area contributed by atoms with Crippen molar-refractivity contribution in [1.82, 2.24) is 19.1 Å². The maximum absolute atomic E-state index is 11.5. The molecule has 5 aromatic rings. The summed E-state index contributed by atoms with van der Waals surface area (Å²) in [6.07, 6.45) is -5.55. The molecule has 0 bridgehead atoms. The molecule has 7 N–H and O–H groups in total. The van der Waals surface area contributed by atoms with Crippen LogP contribution in [0.1, 0.15) is 42.5 Å². The number of halogens is 1. The van der Waals surface area contributed by atoms with Crippen LogP contribution in [0.25, 0.3) is 0 Å². The lowest BCUT2D eigenvalue weighted by Crippen LogP contribution is -2.37. The Bertz CT molecular complexity index is 2170. The van der Waals surface area contributed by atoms with Gasteiger partial charge in [0, 0.05) is 24.5 Å². The molecule has 0 aliphatic carbocycles. The van der Waals surface area contributed by atoms with Crippen LogP contribution in [-0.2, 0) is 14.3 Å². The Labute approximate surface area is 335 Å². The summed E-state index contributed by atoms with van der Waals surface area (Å²) in [5.74, 6) is 1.61. The molecule has 3 aromatic carbocycles. The number of aliphatic hydroxyl groups is 5. The van der Waals surface area contributed by atoms with Crippen LogP contribution >= 0.6 is 11.6 Å². The third-order valence-electron chi connectivity index (χ3n) is 9.65. The average Bonchev–Trinajstić information content (AvgIpc) is 3.69. The van der Waals surface area contributed by atoms with Gasteiger partial charge < -0.3 is 44.5 Å². The van der Waals surface area contributed by atoms with Crippen LogP contribution in [0.15, 0.2) is 123 Å². The number of ether oxygens (including phenoxy) is 4. The van der Waals surface area contributed by atoms with Gasteiger partial charge in [0.1, 0.15) is 46.9 Å². The Morgan fingerprint density at radius 3 is 1.36 bits per heavy atom. The topological polar surface area (TPSA) is 248 Å². The highest BCUT2D eigenvalue weighted by atomic mass is 35.5. The Morgan fingerprint density at radius 1 is 0.621 bits per heavy atom. The van der Waals surface area contributed by atoms with E-state index in [9.17, 15) is 39.6 Å². The highest BCUT2D eigenvalue weighted by molar-refractivity contribution is 6.28. The van der Waals surface area contributed by atoms with Gasteiger partial charge in [-0.15, -0.1) is 11.6 Å². The number of nitrogens with zero attached hydrogens (tertiary/aromatic N) is 2. The predicted molar refractivity (Wildman–Crippen MR) is 210 cm³/mol. The molecule has 310 valence electrons. The number of benzene rings is 3. The monoisotopic (exact) mass is 824 g/mol. The van der Waals surface area contributed by atoms with E-state index in [4.69, 9.17) is 35.7 Å². The lowest BCUT2D eigenvalue weighted by molar-refractivity contribution is -0.0550. The number of alkyl halides is 1. The number of H-pyrrole nitrogens is 2. The summed E-state index contributed by atoms with van der Waals surface area (Å²) in [6.45, 7) is 1.32. The van der Waals surface area contributed by atoms with E-state index in [1.165, 1.54) is 6.20 Å². The molecule has 2 aromatic heterocycles. The van der Waals surface area contributed by atoms with Gasteiger partial charge in [0.2, 0.25) is 0 Å². The van der Waals surface area contributed by atoms with Crippen molar-refractivity contribution in [2.24, 2.45) is 0 Å². The molecule has 2 aliphatic rings. The van der Waals surface area contributed by atoms with Crippen LogP contribution in [0.3, 0.4) is 0 Å². The zero-order valence-electron chi connectivity index (χ0n) is 31.6. The molecule has 8 atom stereocenters. The van der Waals surface area contributed by atoms with Gasteiger partial charge in [-0.05, 0) is 47.4 Å². The molecular weight excluding hydrogens is 780 g/mol. The van der Waals surface area contributed by atoms with Crippen molar-refractivity contribution >= 4 is 11.6 Å². The fourth-order valence-electron chi connectivity index (χ4n) is 6.47. The molecule has 58 heavy (non-hydrogen) atoms. The fraction of sp³-hybridized carbons (Fsp3) is 0.350. The van der Waals surface area contributed by atoms with Crippen molar-refractivity contribution in [3.05, 3.63) is 162 Å². The summed E-state index contributed by atoms with van der Waals surface area (Å²) >= 11 is 7.22. The number of aromatic nitrogens is 4. The molecule has 0 unspecified atom stereocenters. The van der Waals surface area contributed by atoms with Crippen LogP contribution in [0.2, 0.25) is 0 Å². The number of aliphatic hydroxyl groups excluding tert-OH is 5. The van der Waals surface area contributed by atoms with E-state index in [-0.39, 0.29) is 0 Å². The first-order valence-electron chi connectivity index (χ1n) is 18.1. The molecule has 0 amide bonds.